The standard InChI is InChI=1S/C17H18O3/c1-17(2)12-9-13(17)15(19)8-11(12)5-3-10-4-6-14(18)16(20)7-10/h3-8,12-13,18,20H,9H2,1-2H3/b5-3+/t12-,13+/m1/s1. The Morgan fingerprint density at radius 2 is 1.90 bits per heavy atom. The summed E-state index contributed by atoms with van der Waals surface area (Å²) in [6.07, 6.45) is 6.52. The Morgan fingerprint density at radius 1 is 1.15 bits per heavy atom. The lowest BCUT2D eigenvalue weighted by atomic mass is 9.48. The van der Waals surface area contributed by atoms with E-state index in [4.69, 9.17) is 0 Å². The zero-order chi connectivity index (χ0) is 14.5. The van der Waals surface area contributed by atoms with Crippen molar-refractivity contribution >= 4 is 11.9 Å². The Balaban J connectivity index is 1.86. The minimum Gasteiger partial charge on any atom is -0.504 e. The van der Waals surface area contributed by atoms with Crippen molar-refractivity contribution in [1.29, 1.82) is 0 Å². The van der Waals surface area contributed by atoms with Crippen molar-refractivity contribution < 1.29 is 15.0 Å². The van der Waals surface area contributed by atoms with E-state index in [1.54, 1.807) is 12.1 Å². The molecule has 1 saturated carbocycles. The lowest BCUT2D eigenvalue weighted by Crippen LogP contribution is -2.52. The average Bonchev–Trinajstić information content (AvgIpc) is 2.39. The van der Waals surface area contributed by atoms with Crippen LogP contribution < -0.4 is 0 Å². The first-order chi connectivity index (χ1) is 9.39. The van der Waals surface area contributed by atoms with Gasteiger partial charge in [0, 0.05) is 5.92 Å². The predicted octanol–water partition coefficient (Wildman–Crippen LogP) is 3.28. The first-order valence-electron chi connectivity index (χ1n) is 6.85. The summed E-state index contributed by atoms with van der Waals surface area (Å²) in [4.78, 5) is 12.0. The zero-order valence-corrected chi connectivity index (χ0v) is 11.6. The zero-order valence-electron chi connectivity index (χ0n) is 11.6. The van der Waals surface area contributed by atoms with Crippen molar-refractivity contribution in [2.75, 3.05) is 0 Å². The molecule has 1 aromatic carbocycles. The molecule has 2 N–H and O–H groups in total. The Morgan fingerprint density at radius 3 is 2.50 bits per heavy atom. The number of allylic oxidation sites excluding steroid dienone is 3. The second-order valence-corrected chi connectivity index (χ2v) is 6.29. The monoisotopic (exact) mass is 270 g/mol. The molecule has 3 aliphatic carbocycles. The number of carbonyl (C=O) groups excluding carboxylic acids is 1. The van der Waals surface area contributed by atoms with Crippen molar-refractivity contribution in [3.63, 3.8) is 0 Å². The van der Waals surface area contributed by atoms with E-state index < -0.39 is 0 Å². The van der Waals surface area contributed by atoms with Crippen molar-refractivity contribution in [3.05, 3.63) is 41.5 Å². The highest BCUT2D eigenvalue weighted by molar-refractivity contribution is 5.96. The number of carbonyl (C=O) groups is 1. The van der Waals surface area contributed by atoms with Crippen LogP contribution in [0, 0.1) is 17.3 Å². The summed E-state index contributed by atoms with van der Waals surface area (Å²) in [7, 11) is 0. The van der Waals surface area contributed by atoms with E-state index in [0.29, 0.717) is 5.92 Å². The van der Waals surface area contributed by atoms with Crippen LogP contribution in [0.15, 0.2) is 35.9 Å². The molecule has 1 aromatic rings. The van der Waals surface area contributed by atoms with Crippen molar-refractivity contribution in [3.8, 4) is 11.5 Å². The Kier molecular flexibility index (Phi) is 2.75. The van der Waals surface area contributed by atoms with E-state index in [1.807, 2.05) is 12.2 Å². The minimum atomic E-state index is -0.134. The van der Waals surface area contributed by atoms with E-state index in [-0.39, 0.29) is 28.6 Å². The molecule has 4 rings (SSSR count). The molecular formula is C17H18O3. The number of benzene rings is 1. The number of aromatic hydroxyl groups is 2. The Bertz CT molecular complexity index is 638. The predicted molar refractivity (Wildman–Crippen MR) is 77.3 cm³/mol. The van der Waals surface area contributed by atoms with Crippen LogP contribution in [0.25, 0.3) is 6.08 Å². The van der Waals surface area contributed by atoms with Gasteiger partial charge >= 0.3 is 0 Å². The number of phenolic OH excluding ortho intramolecular Hbond substituents is 2. The highest BCUT2D eigenvalue weighted by Gasteiger charge is 2.54. The molecule has 2 atom stereocenters. The highest BCUT2D eigenvalue weighted by Crippen LogP contribution is 2.58. The van der Waals surface area contributed by atoms with Crippen LogP contribution in [0.5, 0.6) is 11.5 Å². The molecule has 0 radical (unpaired) electrons. The van der Waals surface area contributed by atoms with Gasteiger partial charge in [-0.05, 0) is 47.1 Å². The van der Waals surface area contributed by atoms with E-state index in [0.717, 1.165) is 17.6 Å². The smallest absolute Gasteiger partial charge is 0.159 e. The first-order valence-corrected chi connectivity index (χ1v) is 6.85. The molecule has 2 bridgehead atoms. The van der Waals surface area contributed by atoms with Crippen LogP contribution in [-0.2, 0) is 4.79 Å². The molecule has 0 saturated heterocycles. The van der Waals surface area contributed by atoms with Gasteiger partial charge in [0.1, 0.15) is 0 Å². The quantitative estimate of drug-likeness (QED) is 0.811. The Labute approximate surface area is 118 Å². The normalized spacial score (nSPS) is 27.3. The fraction of sp³-hybridized carbons (Fsp3) is 0.353. The molecule has 3 nitrogen and oxygen atoms in total. The van der Waals surface area contributed by atoms with Gasteiger partial charge in [0.15, 0.2) is 17.3 Å². The minimum absolute atomic E-state index is 0.0581. The van der Waals surface area contributed by atoms with Gasteiger partial charge in [0.25, 0.3) is 0 Å². The van der Waals surface area contributed by atoms with Crippen LogP contribution in [0.1, 0.15) is 25.8 Å². The third kappa shape index (κ3) is 1.85. The molecule has 0 spiro atoms. The van der Waals surface area contributed by atoms with Crippen LogP contribution in [-0.4, -0.2) is 16.0 Å². The second kappa shape index (κ2) is 4.23. The van der Waals surface area contributed by atoms with E-state index in [2.05, 4.69) is 13.8 Å². The molecule has 1 fully saturated rings. The van der Waals surface area contributed by atoms with E-state index in [1.165, 1.54) is 12.1 Å². The fourth-order valence-corrected chi connectivity index (χ4v) is 3.34. The molecule has 0 aromatic heterocycles. The molecule has 104 valence electrons. The maximum atomic E-state index is 12.0. The lowest BCUT2D eigenvalue weighted by molar-refractivity contribution is -0.133. The number of hydrogen-bond donors (Lipinski definition) is 2. The summed E-state index contributed by atoms with van der Waals surface area (Å²) in [6, 6.07) is 4.69. The Hall–Kier alpha value is -2.03. The van der Waals surface area contributed by atoms with Crippen molar-refractivity contribution in [2.45, 2.75) is 20.3 Å². The van der Waals surface area contributed by atoms with Gasteiger partial charge in [-0.25, -0.2) is 0 Å². The van der Waals surface area contributed by atoms with Gasteiger partial charge < -0.3 is 10.2 Å². The lowest BCUT2D eigenvalue weighted by Gasteiger charge is -2.54. The third-order valence-corrected chi connectivity index (χ3v) is 4.79. The second-order valence-electron chi connectivity index (χ2n) is 6.29. The van der Waals surface area contributed by atoms with Gasteiger partial charge in [-0.3, -0.25) is 4.79 Å². The van der Waals surface area contributed by atoms with Gasteiger partial charge in [0.2, 0.25) is 0 Å². The van der Waals surface area contributed by atoms with Gasteiger partial charge in [-0.1, -0.05) is 32.1 Å². The van der Waals surface area contributed by atoms with Gasteiger partial charge in [0.05, 0.1) is 0 Å². The summed E-state index contributed by atoms with van der Waals surface area (Å²) in [5, 5.41) is 18.8. The van der Waals surface area contributed by atoms with Crippen LogP contribution in [0.3, 0.4) is 0 Å². The molecule has 0 aliphatic heterocycles. The molecule has 0 unspecified atom stereocenters. The summed E-state index contributed by atoms with van der Waals surface area (Å²) < 4.78 is 0. The van der Waals surface area contributed by atoms with E-state index >= 15 is 0 Å². The summed E-state index contributed by atoms with van der Waals surface area (Å²) in [6.45, 7) is 4.30. The average molecular weight is 270 g/mol. The molecule has 3 heteroatoms. The summed E-state index contributed by atoms with van der Waals surface area (Å²) >= 11 is 0. The van der Waals surface area contributed by atoms with Gasteiger partial charge in [-0.15, -0.1) is 0 Å². The summed E-state index contributed by atoms with van der Waals surface area (Å²) in [5.74, 6) is 0.585. The highest BCUT2D eigenvalue weighted by atomic mass is 16.3. The first kappa shape index (κ1) is 13.0. The topological polar surface area (TPSA) is 57.5 Å². The SMILES string of the molecule is CC1(C)[C@@H]2C[C@H]1C(=O)C=C2/C=C/c1ccc(O)c(O)c1. The van der Waals surface area contributed by atoms with Crippen molar-refractivity contribution in [2.24, 2.45) is 17.3 Å². The maximum absolute atomic E-state index is 12.0. The molecule has 0 amide bonds. The third-order valence-electron chi connectivity index (χ3n) is 4.79. The largest absolute Gasteiger partial charge is 0.504 e. The molecule has 0 heterocycles. The molecule has 20 heavy (non-hydrogen) atoms. The molecule has 3 aliphatic rings. The maximum Gasteiger partial charge on any atom is 0.159 e. The van der Waals surface area contributed by atoms with Crippen LogP contribution >= 0.6 is 0 Å². The van der Waals surface area contributed by atoms with Crippen LogP contribution in [0.2, 0.25) is 0 Å². The van der Waals surface area contributed by atoms with Crippen molar-refractivity contribution in [1.82, 2.24) is 0 Å². The number of ketones is 1. The molecular weight excluding hydrogens is 252 g/mol. The number of phenols is 2. The fourth-order valence-electron chi connectivity index (χ4n) is 3.34. The number of fused-ring (bicyclic) bond motifs is 1. The van der Waals surface area contributed by atoms with Crippen LogP contribution in [0.4, 0.5) is 0 Å². The summed E-state index contributed by atoms with van der Waals surface area (Å²) in [5.41, 5.74) is 1.92. The van der Waals surface area contributed by atoms with E-state index in [9.17, 15) is 15.0 Å². The van der Waals surface area contributed by atoms with Gasteiger partial charge in [-0.2, -0.15) is 0 Å². The number of hydrogen-bond acceptors (Lipinski definition) is 3. The number of rotatable bonds is 2.